The number of methoxy groups -OCH3 is 1. The van der Waals surface area contributed by atoms with E-state index in [-0.39, 0.29) is 25.1 Å². The van der Waals surface area contributed by atoms with Crippen molar-refractivity contribution in [1.82, 2.24) is 15.6 Å². The van der Waals surface area contributed by atoms with Gasteiger partial charge >= 0.3 is 0 Å². The third-order valence-corrected chi connectivity index (χ3v) is 4.91. The van der Waals surface area contributed by atoms with Crippen molar-refractivity contribution in [2.75, 3.05) is 44.9 Å². The number of aliphatic imine (C=N–C) groups is 1. The molecule has 2 heterocycles. The third-order valence-electron chi connectivity index (χ3n) is 4.91. The van der Waals surface area contributed by atoms with E-state index in [0.29, 0.717) is 36.4 Å². The average molecular weight is 432 g/mol. The molecule has 9 heteroatoms. The zero-order valence-corrected chi connectivity index (χ0v) is 18.0. The van der Waals surface area contributed by atoms with Crippen LogP contribution in [0.2, 0.25) is 0 Å². The zero-order valence-electron chi connectivity index (χ0n) is 18.0. The number of hydrogen-bond acceptors (Lipinski definition) is 6. The van der Waals surface area contributed by atoms with Crippen molar-refractivity contribution in [1.29, 1.82) is 0 Å². The average Bonchev–Trinajstić information content (AvgIpc) is 3.25. The summed E-state index contributed by atoms with van der Waals surface area (Å²) < 4.78 is 24.9. The number of anilines is 1. The number of aromatic nitrogens is 1. The molecule has 0 radical (unpaired) electrons. The molecule has 0 bridgehead atoms. The molecule has 1 aromatic carbocycles. The molecule has 1 fully saturated rings. The van der Waals surface area contributed by atoms with Crippen LogP contribution in [-0.4, -0.2) is 62.0 Å². The molecule has 1 atom stereocenters. The molecule has 31 heavy (non-hydrogen) atoms. The van der Waals surface area contributed by atoms with Gasteiger partial charge in [-0.05, 0) is 43.2 Å². The molecule has 1 aromatic heterocycles. The van der Waals surface area contributed by atoms with E-state index in [4.69, 9.17) is 14.6 Å². The molecule has 2 aromatic rings. The number of pyridine rings is 1. The first kappa shape index (κ1) is 22.6. The van der Waals surface area contributed by atoms with Crippen LogP contribution in [0.15, 0.2) is 41.5 Å². The second-order valence-corrected chi connectivity index (χ2v) is 7.14. The molecule has 168 valence electrons. The molecule has 1 aliphatic rings. The Morgan fingerprint density at radius 1 is 1.35 bits per heavy atom. The number of benzene rings is 1. The maximum atomic E-state index is 14.0. The second kappa shape index (κ2) is 11.4. The van der Waals surface area contributed by atoms with Crippen molar-refractivity contribution in [3.8, 4) is 11.5 Å². The fourth-order valence-corrected chi connectivity index (χ4v) is 3.45. The lowest BCUT2D eigenvalue weighted by atomic mass is 10.2. The van der Waals surface area contributed by atoms with Crippen molar-refractivity contribution in [3.63, 3.8) is 0 Å². The summed E-state index contributed by atoms with van der Waals surface area (Å²) in [4.78, 5) is 10.8. The van der Waals surface area contributed by atoms with Crippen molar-refractivity contribution in [3.05, 3.63) is 47.9 Å². The predicted molar refractivity (Wildman–Crippen MR) is 118 cm³/mol. The Labute approximate surface area is 182 Å². The Kier molecular flexibility index (Phi) is 8.28. The number of guanidine groups is 1. The first-order chi connectivity index (χ1) is 15.1. The Bertz CT molecular complexity index is 880. The summed E-state index contributed by atoms with van der Waals surface area (Å²) in [6, 6.07) is 8.78. The fraction of sp³-hybridized carbons (Fsp3) is 0.455. The number of rotatable bonds is 9. The van der Waals surface area contributed by atoms with E-state index in [0.717, 1.165) is 25.1 Å². The van der Waals surface area contributed by atoms with Gasteiger partial charge in [0.25, 0.3) is 0 Å². The number of hydrogen-bond donors (Lipinski definition) is 3. The molecule has 3 N–H and O–H groups in total. The summed E-state index contributed by atoms with van der Waals surface area (Å²) in [5.74, 6) is 1.98. The summed E-state index contributed by atoms with van der Waals surface area (Å²) in [6.07, 6.45) is 2.48. The normalized spacial score (nSPS) is 16.3. The van der Waals surface area contributed by atoms with E-state index in [1.165, 1.54) is 6.07 Å². The number of nitrogens with one attached hydrogen (secondary N) is 2. The number of aliphatic hydroxyl groups excluding tert-OH is 1. The van der Waals surface area contributed by atoms with Crippen LogP contribution in [-0.2, 0) is 6.54 Å². The highest BCUT2D eigenvalue weighted by atomic mass is 19.1. The lowest BCUT2D eigenvalue weighted by Crippen LogP contribution is -2.44. The van der Waals surface area contributed by atoms with Crippen LogP contribution in [0.5, 0.6) is 11.5 Å². The van der Waals surface area contributed by atoms with Gasteiger partial charge in [-0.15, -0.1) is 0 Å². The van der Waals surface area contributed by atoms with Crippen molar-refractivity contribution in [2.45, 2.75) is 25.9 Å². The van der Waals surface area contributed by atoms with Crippen molar-refractivity contribution in [2.24, 2.45) is 4.99 Å². The van der Waals surface area contributed by atoms with Gasteiger partial charge in [-0.2, -0.15) is 0 Å². The van der Waals surface area contributed by atoms with Gasteiger partial charge in [0.2, 0.25) is 0 Å². The molecule has 8 nitrogen and oxygen atoms in total. The number of halogens is 1. The van der Waals surface area contributed by atoms with Crippen LogP contribution in [0.1, 0.15) is 18.9 Å². The van der Waals surface area contributed by atoms with Crippen LogP contribution >= 0.6 is 0 Å². The topological polar surface area (TPSA) is 91.2 Å². The van der Waals surface area contributed by atoms with Gasteiger partial charge in [-0.3, -0.25) is 0 Å². The number of ether oxygens (including phenoxy) is 2. The summed E-state index contributed by atoms with van der Waals surface area (Å²) in [6.45, 7) is 4.74. The van der Waals surface area contributed by atoms with Crippen LogP contribution in [0.3, 0.4) is 0 Å². The molecule has 1 unspecified atom stereocenters. The van der Waals surface area contributed by atoms with E-state index in [1.54, 1.807) is 19.4 Å². The van der Waals surface area contributed by atoms with Crippen molar-refractivity contribution >= 4 is 11.8 Å². The zero-order chi connectivity index (χ0) is 22.1. The Morgan fingerprint density at radius 2 is 2.23 bits per heavy atom. The summed E-state index contributed by atoms with van der Waals surface area (Å²) in [7, 11) is 1.58. The number of aliphatic hydroxyl groups is 1. The first-order valence-electron chi connectivity index (χ1n) is 10.5. The third kappa shape index (κ3) is 6.21. The summed E-state index contributed by atoms with van der Waals surface area (Å²) >= 11 is 0. The van der Waals surface area contributed by atoms with E-state index >= 15 is 0 Å². The summed E-state index contributed by atoms with van der Waals surface area (Å²) in [5.41, 5.74) is 0.967. The molecule has 0 spiro atoms. The SMILES string of the molecule is CCNC(=NCc1ccc(OCCO)c(OC)c1)NC1CCN(c2ncccc2F)C1. The van der Waals surface area contributed by atoms with E-state index in [9.17, 15) is 4.39 Å². The van der Waals surface area contributed by atoms with Crippen LogP contribution in [0.4, 0.5) is 10.2 Å². The molecule has 0 saturated carbocycles. The molecule has 3 rings (SSSR count). The lowest BCUT2D eigenvalue weighted by molar-refractivity contribution is 0.196. The van der Waals surface area contributed by atoms with E-state index in [2.05, 4.69) is 20.6 Å². The highest BCUT2D eigenvalue weighted by molar-refractivity contribution is 5.80. The second-order valence-electron chi connectivity index (χ2n) is 7.14. The van der Waals surface area contributed by atoms with Gasteiger partial charge in [0.05, 0.1) is 20.3 Å². The fourth-order valence-electron chi connectivity index (χ4n) is 3.45. The number of nitrogens with zero attached hydrogens (tertiary/aromatic N) is 3. The van der Waals surface area contributed by atoms with Gasteiger partial charge in [-0.25, -0.2) is 14.4 Å². The molecular weight excluding hydrogens is 401 g/mol. The smallest absolute Gasteiger partial charge is 0.191 e. The van der Waals surface area contributed by atoms with Gasteiger partial charge < -0.3 is 30.1 Å². The lowest BCUT2D eigenvalue weighted by Gasteiger charge is -2.20. The minimum atomic E-state index is -0.302. The molecular formula is C22H30FN5O3. The first-order valence-corrected chi connectivity index (χ1v) is 10.5. The van der Waals surface area contributed by atoms with Crippen LogP contribution in [0.25, 0.3) is 0 Å². The Balaban J connectivity index is 1.62. The predicted octanol–water partition coefficient (Wildman–Crippen LogP) is 1.93. The molecule has 0 aliphatic carbocycles. The minimum absolute atomic E-state index is 0.0571. The Morgan fingerprint density at radius 3 is 2.97 bits per heavy atom. The molecule has 1 saturated heterocycles. The Hall–Kier alpha value is -3.07. The highest BCUT2D eigenvalue weighted by Gasteiger charge is 2.25. The highest BCUT2D eigenvalue weighted by Crippen LogP contribution is 2.28. The van der Waals surface area contributed by atoms with E-state index in [1.807, 2.05) is 30.0 Å². The monoisotopic (exact) mass is 431 g/mol. The maximum absolute atomic E-state index is 14.0. The molecule has 0 amide bonds. The van der Waals surface area contributed by atoms with Crippen LogP contribution < -0.4 is 25.0 Å². The largest absolute Gasteiger partial charge is 0.493 e. The van der Waals surface area contributed by atoms with Crippen LogP contribution in [0, 0.1) is 5.82 Å². The van der Waals surface area contributed by atoms with Gasteiger partial charge in [-0.1, -0.05) is 6.07 Å². The maximum Gasteiger partial charge on any atom is 0.191 e. The standard InChI is InChI=1S/C22H30FN5O3/c1-3-24-22(26-14-16-6-7-19(31-12-11-29)20(13-16)30-2)27-17-8-10-28(15-17)21-18(23)5-4-9-25-21/h4-7,9,13,17,29H,3,8,10-12,14-15H2,1-2H3,(H2,24,26,27). The minimum Gasteiger partial charge on any atom is -0.493 e. The molecule has 1 aliphatic heterocycles. The van der Waals surface area contributed by atoms with Gasteiger partial charge in [0.15, 0.2) is 29.1 Å². The summed E-state index contributed by atoms with van der Waals surface area (Å²) in [5, 5.41) is 15.6. The van der Waals surface area contributed by atoms with Crippen molar-refractivity contribution < 1.29 is 19.0 Å². The van der Waals surface area contributed by atoms with E-state index < -0.39 is 0 Å². The van der Waals surface area contributed by atoms with Gasteiger partial charge in [0.1, 0.15) is 6.61 Å². The van der Waals surface area contributed by atoms with Gasteiger partial charge in [0, 0.05) is 31.9 Å². The quantitative estimate of drug-likeness (QED) is 0.413.